The van der Waals surface area contributed by atoms with Crippen molar-refractivity contribution in [1.29, 1.82) is 0 Å². The third-order valence-corrected chi connectivity index (χ3v) is 4.86. The van der Waals surface area contributed by atoms with E-state index in [9.17, 15) is 19.2 Å². The van der Waals surface area contributed by atoms with E-state index < -0.39 is 11.9 Å². The number of likely N-dealkylation sites (N-methyl/N-ethyl adjacent to an activating group) is 1. The summed E-state index contributed by atoms with van der Waals surface area (Å²) in [5.74, 6) is -2.09. The lowest BCUT2D eigenvalue weighted by molar-refractivity contribution is -0.147. The van der Waals surface area contributed by atoms with Crippen molar-refractivity contribution in [2.75, 3.05) is 26.7 Å². The van der Waals surface area contributed by atoms with Gasteiger partial charge in [-0.3, -0.25) is 19.2 Å². The molecule has 7 nitrogen and oxygen atoms in total. The predicted molar refractivity (Wildman–Crippen MR) is 99.3 cm³/mol. The molecule has 2 amide bonds. The molecule has 1 saturated heterocycles. The molecular weight excluding hydrogens is 348 g/mol. The van der Waals surface area contributed by atoms with E-state index in [2.05, 4.69) is 0 Å². The normalized spacial score (nSPS) is 16.7. The van der Waals surface area contributed by atoms with Gasteiger partial charge in [-0.25, -0.2) is 0 Å². The lowest BCUT2D eigenvalue weighted by atomic mass is 9.98. The first-order valence-corrected chi connectivity index (χ1v) is 9.12. The van der Waals surface area contributed by atoms with Gasteiger partial charge < -0.3 is 14.9 Å². The first-order chi connectivity index (χ1) is 12.8. The van der Waals surface area contributed by atoms with Crippen LogP contribution in [0.25, 0.3) is 0 Å². The van der Waals surface area contributed by atoms with Gasteiger partial charge in [-0.1, -0.05) is 29.8 Å². The molecular formula is C20H26N2O5. The fourth-order valence-electron chi connectivity index (χ4n) is 3.09. The maximum atomic E-state index is 12.3. The average Bonchev–Trinajstić information content (AvgIpc) is 2.66. The first kappa shape index (κ1) is 20.6. The van der Waals surface area contributed by atoms with Crippen molar-refractivity contribution in [1.82, 2.24) is 9.80 Å². The number of hydrogen-bond donors (Lipinski definition) is 1. The number of nitrogens with zero attached hydrogens (tertiary/aromatic N) is 2. The van der Waals surface area contributed by atoms with Crippen LogP contribution in [0, 0.1) is 12.8 Å². The summed E-state index contributed by atoms with van der Waals surface area (Å²) in [6, 6.07) is 7.18. The van der Waals surface area contributed by atoms with E-state index in [-0.39, 0.29) is 43.5 Å². The van der Waals surface area contributed by atoms with E-state index in [1.807, 2.05) is 19.1 Å². The number of Topliss-reactive ketones (excluding diaryl/α,β-unsaturated/α-hetero) is 1. The number of aliphatic carboxylic acids is 1. The molecule has 0 spiro atoms. The van der Waals surface area contributed by atoms with E-state index in [1.54, 1.807) is 12.1 Å². The molecule has 1 aromatic carbocycles. The second-order valence-corrected chi connectivity index (χ2v) is 7.06. The van der Waals surface area contributed by atoms with Crippen LogP contribution in [0.15, 0.2) is 24.3 Å². The lowest BCUT2D eigenvalue weighted by Crippen LogP contribution is -2.46. The quantitative estimate of drug-likeness (QED) is 0.734. The largest absolute Gasteiger partial charge is 0.481 e. The zero-order chi connectivity index (χ0) is 20.0. The number of piperidine rings is 1. The monoisotopic (exact) mass is 374 g/mol. The Morgan fingerprint density at radius 1 is 1.15 bits per heavy atom. The van der Waals surface area contributed by atoms with Crippen LogP contribution in [0.2, 0.25) is 0 Å². The van der Waals surface area contributed by atoms with Crippen LogP contribution in [-0.2, 0) is 14.4 Å². The summed E-state index contributed by atoms with van der Waals surface area (Å²) in [7, 11) is 1.52. The fraction of sp³-hybridized carbons (Fsp3) is 0.500. The molecule has 0 bridgehead atoms. The van der Waals surface area contributed by atoms with Gasteiger partial charge in [0, 0.05) is 38.5 Å². The zero-order valence-electron chi connectivity index (χ0n) is 15.8. The Balaban J connectivity index is 1.80. The van der Waals surface area contributed by atoms with Gasteiger partial charge in [0.1, 0.15) is 0 Å². The summed E-state index contributed by atoms with van der Waals surface area (Å²) in [6.07, 6.45) is 1.33. The van der Waals surface area contributed by atoms with E-state index >= 15 is 0 Å². The molecule has 0 aliphatic carbocycles. The number of carboxylic acid groups (broad SMARTS) is 1. The number of carbonyl (C=O) groups excluding carboxylic acids is 3. The molecule has 0 saturated carbocycles. The minimum Gasteiger partial charge on any atom is -0.481 e. The highest BCUT2D eigenvalue weighted by molar-refractivity contribution is 5.98. The van der Waals surface area contributed by atoms with Gasteiger partial charge in [-0.15, -0.1) is 0 Å². The predicted octanol–water partition coefficient (Wildman–Crippen LogP) is 1.74. The van der Waals surface area contributed by atoms with Crippen LogP contribution in [0.1, 0.15) is 41.6 Å². The second-order valence-electron chi connectivity index (χ2n) is 7.06. The highest BCUT2D eigenvalue weighted by Gasteiger charge is 2.29. The number of ketones is 1. The van der Waals surface area contributed by atoms with Crippen molar-refractivity contribution in [3.05, 3.63) is 35.4 Å². The van der Waals surface area contributed by atoms with Gasteiger partial charge >= 0.3 is 5.97 Å². The van der Waals surface area contributed by atoms with E-state index in [0.29, 0.717) is 24.9 Å². The molecule has 1 unspecified atom stereocenters. The number of benzene rings is 1. The molecule has 0 aromatic heterocycles. The van der Waals surface area contributed by atoms with Gasteiger partial charge in [0.15, 0.2) is 5.78 Å². The second kappa shape index (κ2) is 9.30. The maximum absolute atomic E-state index is 12.3. The Kier molecular flexibility index (Phi) is 7.10. The molecule has 1 aliphatic heterocycles. The summed E-state index contributed by atoms with van der Waals surface area (Å²) < 4.78 is 0. The van der Waals surface area contributed by atoms with E-state index in [4.69, 9.17) is 5.11 Å². The summed E-state index contributed by atoms with van der Waals surface area (Å²) in [5, 5.41) is 9.10. The molecule has 1 heterocycles. The number of likely N-dealkylation sites (tertiary alicyclic amines) is 1. The van der Waals surface area contributed by atoms with E-state index in [1.165, 1.54) is 16.8 Å². The fourth-order valence-corrected chi connectivity index (χ4v) is 3.09. The smallest absolute Gasteiger partial charge is 0.308 e. The van der Waals surface area contributed by atoms with Crippen molar-refractivity contribution >= 4 is 23.6 Å². The molecule has 1 atom stereocenters. The van der Waals surface area contributed by atoms with Crippen molar-refractivity contribution < 1.29 is 24.3 Å². The highest BCUT2D eigenvalue weighted by atomic mass is 16.4. The van der Waals surface area contributed by atoms with Crippen LogP contribution in [0.5, 0.6) is 0 Å². The standard InChI is InChI=1S/C20H26N2O5/c1-14-5-7-15(8-6-14)17(23)9-10-18(24)21(2)13-19(25)22-11-3-4-16(12-22)20(26)27/h5-8,16H,3-4,9-13H2,1-2H3,(H,26,27). The Morgan fingerprint density at radius 3 is 2.44 bits per heavy atom. The number of carbonyl (C=O) groups is 4. The summed E-state index contributed by atoms with van der Waals surface area (Å²) >= 11 is 0. The SMILES string of the molecule is Cc1ccc(C(=O)CCC(=O)N(C)CC(=O)N2CCCC(C(=O)O)C2)cc1. The Bertz CT molecular complexity index is 714. The molecule has 27 heavy (non-hydrogen) atoms. The van der Waals surface area contributed by atoms with Crippen LogP contribution in [0.3, 0.4) is 0 Å². The number of amides is 2. The minimum atomic E-state index is -0.897. The molecule has 146 valence electrons. The Morgan fingerprint density at radius 2 is 1.81 bits per heavy atom. The molecule has 2 rings (SSSR count). The van der Waals surface area contributed by atoms with Crippen LogP contribution >= 0.6 is 0 Å². The van der Waals surface area contributed by atoms with Crippen LogP contribution in [-0.4, -0.2) is 65.2 Å². The zero-order valence-corrected chi connectivity index (χ0v) is 15.8. The maximum Gasteiger partial charge on any atom is 0.308 e. The highest BCUT2D eigenvalue weighted by Crippen LogP contribution is 2.17. The summed E-state index contributed by atoms with van der Waals surface area (Å²) in [5.41, 5.74) is 1.63. The topological polar surface area (TPSA) is 95.0 Å². The third kappa shape index (κ3) is 5.91. The number of hydrogen-bond acceptors (Lipinski definition) is 4. The van der Waals surface area contributed by atoms with Crippen LogP contribution in [0.4, 0.5) is 0 Å². The minimum absolute atomic E-state index is 0.0360. The van der Waals surface area contributed by atoms with Gasteiger partial charge in [-0.05, 0) is 19.8 Å². The summed E-state index contributed by atoms with van der Waals surface area (Å²) in [4.78, 5) is 50.6. The molecule has 1 N–H and O–H groups in total. The third-order valence-electron chi connectivity index (χ3n) is 4.86. The van der Waals surface area contributed by atoms with Crippen molar-refractivity contribution in [3.63, 3.8) is 0 Å². The molecule has 7 heteroatoms. The van der Waals surface area contributed by atoms with Crippen molar-refractivity contribution in [2.24, 2.45) is 5.92 Å². The Labute approximate surface area is 158 Å². The number of aryl methyl sites for hydroxylation is 1. The number of rotatable bonds is 7. The van der Waals surface area contributed by atoms with Gasteiger partial charge in [0.05, 0.1) is 12.5 Å². The van der Waals surface area contributed by atoms with Crippen molar-refractivity contribution in [2.45, 2.75) is 32.6 Å². The lowest BCUT2D eigenvalue weighted by Gasteiger charge is -2.32. The van der Waals surface area contributed by atoms with E-state index in [0.717, 1.165) is 5.56 Å². The molecule has 1 aromatic rings. The summed E-state index contributed by atoms with van der Waals surface area (Å²) in [6.45, 7) is 2.52. The average molecular weight is 374 g/mol. The van der Waals surface area contributed by atoms with Gasteiger partial charge in [0.2, 0.25) is 11.8 Å². The van der Waals surface area contributed by atoms with Gasteiger partial charge in [0.25, 0.3) is 0 Å². The first-order valence-electron chi connectivity index (χ1n) is 9.12. The van der Waals surface area contributed by atoms with Gasteiger partial charge in [-0.2, -0.15) is 0 Å². The Hall–Kier alpha value is -2.70. The number of carboxylic acids is 1. The molecule has 1 aliphatic rings. The van der Waals surface area contributed by atoms with Crippen molar-refractivity contribution in [3.8, 4) is 0 Å². The molecule has 0 radical (unpaired) electrons. The molecule has 1 fully saturated rings. The van der Waals surface area contributed by atoms with Crippen LogP contribution < -0.4 is 0 Å².